The Balaban J connectivity index is 1.49. The van der Waals surface area contributed by atoms with Crippen molar-refractivity contribution in [2.24, 2.45) is 0 Å². The van der Waals surface area contributed by atoms with Crippen molar-refractivity contribution in [1.29, 1.82) is 5.41 Å². The van der Waals surface area contributed by atoms with Gasteiger partial charge in [-0.3, -0.25) is 5.41 Å². The normalized spacial score (nSPS) is 11.0. The van der Waals surface area contributed by atoms with Crippen LogP contribution in [-0.2, 0) is 0 Å². The highest BCUT2D eigenvalue weighted by atomic mass is 32.1. The van der Waals surface area contributed by atoms with E-state index in [2.05, 4.69) is 36.4 Å². The third-order valence-corrected chi connectivity index (χ3v) is 5.65. The smallest absolute Gasteiger partial charge is 0.222 e. The number of nitrogens with zero attached hydrogens (tertiary/aromatic N) is 1. The molecule has 5 aromatic rings. The monoisotopic (exact) mass is 396 g/mol. The van der Waals surface area contributed by atoms with Gasteiger partial charge in [-0.25, -0.2) is 4.98 Å². The first-order valence-electron chi connectivity index (χ1n) is 9.11. The SMILES string of the molecule is N=c1oc2cc(O)ccc2cc1-c1nc(-c2ccc(-c3ccccc3)cc2)cs1. The second kappa shape index (κ2) is 7.04. The molecule has 0 fully saturated rings. The van der Waals surface area contributed by atoms with E-state index in [0.717, 1.165) is 27.2 Å². The van der Waals surface area contributed by atoms with Gasteiger partial charge in [0.05, 0.1) is 11.3 Å². The zero-order valence-electron chi connectivity index (χ0n) is 15.3. The highest BCUT2D eigenvalue weighted by Gasteiger charge is 2.12. The number of hydrogen-bond acceptors (Lipinski definition) is 5. The fourth-order valence-corrected chi connectivity index (χ4v) is 4.11. The Labute approximate surface area is 170 Å². The molecule has 0 aliphatic carbocycles. The van der Waals surface area contributed by atoms with Crippen molar-refractivity contribution in [3.8, 4) is 38.7 Å². The summed E-state index contributed by atoms with van der Waals surface area (Å²) in [6.45, 7) is 0. The van der Waals surface area contributed by atoms with Gasteiger partial charge in [-0.1, -0.05) is 54.6 Å². The number of nitrogens with one attached hydrogen (secondary N) is 1. The van der Waals surface area contributed by atoms with E-state index in [1.165, 1.54) is 23.0 Å². The predicted molar refractivity (Wildman–Crippen MR) is 116 cm³/mol. The lowest BCUT2D eigenvalue weighted by Gasteiger charge is -2.03. The second-order valence-corrected chi connectivity index (χ2v) is 7.55. The van der Waals surface area contributed by atoms with Crippen LogP contribution in [0.15, 0.2) is 88.7 Å². The van der Waals surface area contributed by atoms with Crippen molar-refractivity contribution < 1.29 is 9.52 Å². The highest BCUT2D eigenvalue weighted by molar-refractivity contribution is 7.13. The number of phenolic OH excluding ortho intramolecular Hbond substituents is 1. The molecular formula is C24H16N2O2S. The molecule has 0 radical (unpaired) electrons. The van der Waals surface area contributed by atoms with Crippen molar-refractivity contribution in [1.82, 2.24) is 4.98 Å². The molecular weight excluding hydrogens is 380 g/mol. The number of fused-ring (bicyclic) bond motifs is 1. The van der Waals surface area contributed by atoms with Gasteiger partial charge < -0.3 is 9.52 Å². The number of hydrogen-bond donors (Lipinski definition) is 2. The second-order valence-electron chi connectivity index (χ2n) is 6.69. The summed E-state index contributed by atoms with van der Waals surface area (Å²) in [7, 11) is 0. The molecule has 0 spiro atoms. The first-order valence-corrected chi connectivity index (χ1v) is 9.98. The van der Waals surface area contributed by atoms with Gasteiger partial charge in [0.2, 0.25) is 5.55 Å². The van der Waals surface area contributed by atoms with Crippen LogP contribution in [0.25, 0.3) is 43.9 Å². The lowest BCUT2D eigenvalue weighted by molar-refractivity contribution is 0.472. The van der Waals surface area contributed by atoms with Crippen LogP contribution in [0, 0.1) is 5.41 Å². The Hall–Kier alpha value is -3.70. The van der Waals surface area contributed by atoms with E-state index in [1.807, 2.05) is 29.6 Å². The first-order chi connectivity index (χ1) is 14.2. The van der Waals surface area contributed by atoms with Crippen molar-refractivity contribution in [3.63, 3.8) is 0 Å². The standard InChI is InChI=1S/C24H16N2O2S/c25-23-20(12-18-10-11-19(27)13-22(18)28-23)24-26-21(14-29-24)17-8-6-16(7-9-17)15-4-2-1-3-5-15/h1-14,25,27H. The van der Waals surface area contributed by atoms with Crippen molar-refractivity contribution in [3.05, 3.63) is 89.8 Å². The van der Waals surface area contributed by atoms with Gasteiger partial charge >= 0.3 is 0 Å². The van der Waals surface area contributed by atoms with Crippen molar-refractivity contribution in [2.45, 2.75) is 0 Å². The van der Waals surface area contributed by atoms with E-state index in [1.54, 1.807) is 12.1 Å². The van der Waals surface area contributed by atoms with E-state index >= 15 is 0 Å². The maximum atomic E-state index is 9.60. The first kappa shape index (κ1) is 17.4. The van der Waals surface area contributed by atoms with Crippen LogP contribution < -0.4 is 5.55 Å². The summed E-state index contributed by atoms with van der Waals surface area (Å²) >= 11 is 1.48. The molecule has 0 atom stereocenters. The molecule has 5 rings (SSSR count). The van der Waals surface area contributed by atoms with Crippen LogP contribution in [0.2, 0.25) is 0 Å². The predicted octanol–water partition coefficient (Wildman–Crippen LogP) is 6.08. The Bertz CT molecular complexity index is 1370. The third kappa shape index (κ3) is 3.32. The summed E-state index contributed by atoms with van der Waals surface area (Å²) in [6, 6.07) is 25.3. The van der Waals surface area contributed by atoms with E-state index in [0.29, 0.717) is 11.1 Å². The van der Waals surface area contributed by atoms with E-state index < -0.39 is 0 Å². The van der Waals surface area contributed by atoms with Gasteiger partial charge in [0.15, 0.2) is 0 Å². The molecule has 0 amide bonds. The average molecular weight is 396 g/mol. The van der Waals surface area contributed by atoms with Crippen LogP contribution in [0.5, 0.6) is 5.75 Å². The molecule has 0 unspecified atom stereocenters. The molecule has 4 nitrogen and oxygen atoms in total. The maximum absolute atomic E-state index is 9.60. The average Bonchev–Trinajstić information content (AvgIpc) is 3.24. The molecule has 140 valence electrons. The lowest BCUT2D eigenvalue weighted by Crippen LogP contribution is -2.02. The number of aromatic nitrogens is 1. The van der Waals surface area contributed by atoms with Gasteiger partial charge in [0, 0.05) is 22.4 Å². The Kier molecular flexibility index (Phi) is 4.22. The van der Waals surface area contributed by atoms with Crippen LogP contribution in [0.4, 0.5) is 0 Å². The molecule has 0 saturated carbocycles. The Morgan fingerprint density at radius 3 is 2.34 bits per heavy atom. The quantitative estimate of drug-likeness (QED) is 0.388. The minimum atomic E-state index is 0.0309. The largest absolute Gasteiger partial charge is 0.508 e. The van der Waals surface area contributed by atoms with Crippen LogP contribution in [0.3, 0.4) is 0 Å². The number of benzene rings is 3. The fourth-order valence-electron chi connectivity index (χ4n) is 3.27. The molecule has 0 aliphatic rings. The van der Waals surface area contributed by atoms with Gasteiger partial charge in [0.25, 0.3) is 0 Å². The Morgan fingerprint density at radius 2 is 1.55 bits per heavy atom. The molecule has 5 heteroatoms. The summed E-state index contributed by atoms with van der Waals surface area (Å²) in [4.78, 5) is 4.73. The summed E-state index contributed by atoms with van der Waals surface area (Å²) in [6.07, 6.45) is 0. The van der Waals surface area contributed by atoms with Crippen LogP contribution >= 0.6 is 11.3 Å². The fraction of sp³-hybridized carbons (Fsp3) is 0. The molecule has 2 heterocycles. The third-order valence-electron chi connectivity index (χ3n) is 4.78. The number of aromatic hydroxyl groups is 1. The number of thiazole rings is 1. The van der Waals surface area contributed by atoms with Gasteiger partial charge in [0.1, 0.15) is 16.3 Å². The lowest BCUT2D eigenvalue weighted by atomic mass is 10.0. The minimum absolute atomic E-state index is 0.0309. The number of rotatable bonds is 3. The summed E-state index contributed by atoms with van der Waals surface area (Å²) < 4.78 is 5.58. The van der Waals surface area contributed by atoms with Gasteiger partial charge in [-0.05, 0) is 29.3 Å². The summed E-state index contributed by atoms with van der Waals surface area (Å²) in [5, 5.41) is 21.4. The zero-order chi connectivity index (χ0) is 19.8. The topological polar surface area (TPSA) is 70.1 Å². The molecule has 0 bridgehead atoms. The van der Waals surface area contributed by atoms with E-state index in [-0.39, 0.29) is 11.3 Å². The van der Waals surface area contributed by atoms with E-state index in [4.69, 9.17) is 14.8 Å². The number of phenols is 1. The highest BCUT2D eigenvalue weighted by Crippen LogP contribution is 2.30. The van der Waals surface area contributed by atoms with Crippen molar-refractivity contribution in [2.75, 3.05) is 0 Å². The molecule has 2 aromatic heterocycles. The molecule has 2 N–H and O–H groups in total. The minimum Gasteiger partial charge on any atom is -0.508 e. The van der Waals surface area contributed by atoms with Gasteiger partial charge in [-0.15, -0.1) is 11.3 Å². The zero-order valence-corrected chi connectivity index (χ0v) is 16.1. The van der Waals surface area contributed by atoms with Crippen LogP contribution in [-0.4, -0.2) is 10.1 Å². The van der Waals surface area contributed by atoms with Gasteiger partial charge in [-0.2, -0.15) is 0 Å². The molecule has 0 saturated heterocycles. The molecule has 3 aromatic carbocycles. The summed E-state index contributed by atoms with van der Waals surface area (Å²) in [5.74, 6) is 0.115. The molecule has 0 aliphatic heterocycles. The molecule has 29 heavy (non-hydrogen) atoms. The van der Waals surface area contributed by atoms with E-state index in [9.17, 15) is 5.11 Å². The van der Waals surface area contributed by atoms with Crippen LogP contribution in [0.1, 0.15) is 0 Å². The maximum Gasteiger partial charge on any atom is 0.222 e. The van der Waals surface area contributed by atoms with Crippen molar-refractivity contribution >= 4 is 22.3 Å². The summed E-state index contributed by atoms with van der Waals surface area (Å²) in [5.41, 5.74) is 5.39. The Morgan fingerprint density at radius 1 is 0.828 bits per heavy atom.